The van der Waals surface area contributed by atoms with Gasteiger partial charge in [-0.3, -0.25) is 4.79 Å². The summed E-state index contributed by atoms with van der Waals surface area (Å²) < 4.78 is 0. The van der Waals surface area contributed by atoms with Gasteiger partial charge in [-0.05, 0) is 61.5 Å². The number of benzene rings is 1. The maximum atomic E-state index is 12.3. The Balaban J connectivity index is 1.78. The van der Waals surface area contributed by atoms with Crippen LogP contribution in [0.25, 0.3) is 0 Å². The molecule has 0 radical (unpaired) electrons. The third-order valence-electron chi connectivity index (χ3n) is 6.46. The molecule has 2 nitrogen and oxygen atoms in total. The Kier molecular flexibility index (Phi) is 2.62. The number of fused-ring (bicyclic) bond motifs is 5. The Hall–Kier alpha value is -1.15. The van der Waals surface area contributed by atoms with Gasteiger partial charge in [-0.2, -0.15) is 0 Å². The Bertz CT molecular complexity index is 564. The summed E-state index contributed by atoms with van der Waals surface area (Å²) in [4.78, 5) is 12.3. The Morgan fingerprint density at radius 3 is 2.85 bits per heavy atom. The third kappa shape index (κ3) is 1.46. The number of rotatable bonds is 0. The van der Waals surface area contributed by atoms with E-state index in [1.807, 2.05) is 6.92 Å². The van der Waals surface area contributed by atoms with Crippen molar-refractivity contribution in [1.82, 2.24) is 0 Å². The van der Waals surface area contributed by atoms with Crippen molar-refractivity contribution in [3.63, 3.8) is 0 Å². The molecule has 0 unspecified atom stereocenters. The largest absolute Gasteiger partial charge is 0.392 e. The molecule has 0 heterocycles. The molecule has 3 aliphatic rings. The van der Waals surface area contributed by atoms with E-state index in [1.54, 1.807) is 0 Å². The topological polar surface area (TPSA) is 37.3 Å². The average Bonchev–Trinajstić information content (AvgIpc) is 2.77. The van der Waals surface area contributed by atoms with Gasteiger partial charge in [0.1, 0.15) is 5.78 Å². The van der Waals surface area contributed by atoms with Crippen LogP contribution in [0, 0.1) is 17.3 Å². The van der Waals surface area contributed by atoms with Gasteiger partial charge < -0.3 is 5.11 Å². The van der Waals surface area contributed by atoms with E-state index in [0.717, 1.165) is 19.3 Å². The van der Waals surface area contributed by atoms with E-state index in [4.69, 9.17) is 0 Å². The molecule has 0 saturated heterocycles. The van der Waals surface area contributed by atoms with Gasteiger partial charge in [0.2, 0.25) is 0 Å². The van der Waals surface area contributed by atoms with Crippen molar-refractivity contribution in [3.8, 4) is 0 Å². The number of carbonyl (C=O) groups is 1. The molecule has 0 bridgehead atoms. The van der Waals surface area contributed by atoms with Crippen LogP contribution in [0.15, 0.2) is 24.3 Å². The predicted octanol–water partition coefficient (Wildman–Crippen LogP) is 3.08. The average molecular weight is 270 g/mol. The zero-order chi connectivity index (χ0) is 13.9. The molecule has 4 rings (SSSR count). The van der Waals surface area contributed by atoms with E-state index in [-0.39, 0.29) is 0 Å². The minimum atomic E-state index is -0.465. The zero-order valence-corrected chi connectivity index (χ0v) is 12.0. The second-order valence-electron chi connectivity index (χ2n) is 7.11. The number of carbonyl (C=O) groups excluding carboxylic acids is 1. The van der Waals surface area contributed by atoms with Crippen LogP contribution in [0.3, 0.4) is 0 Å². The highest BCUT2D eigenvalue weighted by molar-refractivity contribution is 5.88. The summed E-state index contributed by atoms with van der Waals surface area (Å²) in [7, 11) is 0. The van der Waals surface area contributed by atoms with Crippen molar-refractivity contribution in [2.75, 3.05) is 0 Å². The molecule has 2 fully saturated rings. The second kappa shape index (κ2) is 4.17. The van der Waals surface area contributed by atoms with Crippen LogP contribution in [0.5, 0.6) is 0 Å². The van der Waals surface area contributed by atoms with E-state index in [0.29, 0.717) is 30.0 Å². The standard InChI is InChI=1S/C18H22O2/c1-18-15(8-9-16(18)19)13-7-6-11-4-2-3-5-12(11)14(13)10-17(18)20/h2-5,13-15,17,20H,6-10H2,1H3/t13-,14-,15+,17-,18+/m1/s1. The number of aliphatic hydroxyl groups excluding tert-OH is 1. The molecule has 106 valence electrons. The molecule has 0 aliphatic heterocycles. The van der Waals surface area contributed by atoms with Crippen LogP contribution in [-0.4, -0.2) is 17.0 Å². The molecule has 5 atom stereocenters. The van der Waals surface area contributed by atoms with Crippen molar-refractivity contribution >= 4 is 5.78 Å². The van der Waals surface area contributed by atoms with Crippen LogP contribution >= 0.6 is 0 Å². The lowest BCUT2D eigenvalue weighted by atomic mass is 9.54. The molecule has 0 amide bonds. The van der Waals surface area contributed by atoms with Gasteiger partial charge in [0, 0.05) is 6.42 Å². The lowest BCUT2D eigenvalue weighted by Gasteiger charge is -2.50. The fourth-order valence-electron chi connectivity index (χ4n) is 5.30. The second-order valence-corrected chi connectivity index (χ2v) is 7.11. The first-order chi connectivity index (χ1) is 9.62. The lowest BCUT2D eigenvalue weighted by Crippen LogP contribution is -2.51. The summed E-state index contributed by atoms with van der Waals surface area (Å²) in [6.45, 7) is 2.02. The predicted molar refractivity (Wildman–Crippen MR) is 77.5 cm³/mol. The summed E-state index contributed by atoms with van der Waals surface area (Å²) in [5.41, 5.74) is 2.42. The first-order valence-electron chi connectivity index (χ1n) is 7.91. The molecule has 20 heavy (non-hydrogen) atoms. The fourth-order valence-corrected chi connectivity index (χ4v) is 5.30. The van der Waals surface area contributed by atoms with Crippen molar-refractivity contribution < 1.29 is 9.90 Å². The first-order valence-corrected chi connectivity index (χ1v) is 7.91. The molecule has 3 aliphatic carbocycles. The Morgan fingerprint density at radius 2 is 2.00 bits per heavy atom. The van der Waals surface area contributed by atoms with E-state index in [2.05, 4.69) is 24.3 Å². The number of aliphatic hydroxyl groups is 1. The maximum absolute atomic E-state index is 12.3. The van der Waals surface area contributed by atoms with Crippen LogP contribution in [0.1, 0.15) is 49.7 Å². The highest BCUT2D eigenvalue weighted by Crippen LogP contribution is 2.59. The van der Waals surface area contributed by atoms with E-state index < -0.39 is 11.5 Å². The lowest BCUT2D eigenvalue weighted by molar-refractivity contribution is -0.140. The molecular formula is C18H22O2. The van der Waals surface area contributed by atoms with Gasteiger partial charge in [-0.15, -0.1) is 0 Å². The number of ketones is 1. The summed E-state index contributed by atoms with van der Waals surface area (Å²) >= 11 is 0. The first kappa shape index (κ1) is 12.6. The zero-order valence-electron chi connectivity index (χ0n) is 12.0. The van der Waals surface area contributed by atoms with Crippen molar-refractivity contribution in [3.05, 3.63) is 35.4 Å². The van der Waals surface area contributed by atoms with Crippen molar-refractivity contribution in [1.29, 1.82) is 0 Å². The van der Waals surface area contributed by atoms with Crippen LogP contribution in [0.4, 0.5) is 0 Å². The number of aryl methyl sites for hydroxylation is 1. The van der Waals surface area contributed by atoms with Gasteiger partial charge in [-0.25, -0.2) is 0 Å². The summed E-state index contributed by atoms with van der Waals surface area (Å²) in [5, 5.41) is 10.7. The summed E-state index contributed by atoms with van der Waals surface area (Å²) in [6, 6.07) is 8.69. The molecule has 0 aromatic heterocycles. The van der Waals surface area contributed by atoms with E-state index in [1.165, 1.54) is 17.5 Å². The fraction of sp³-hybridized carbons (Fsp3) is 0.611. The number of Topliss-reactive ketones (excluding diaryl/α,β-unsaturated/α-hetero) is 1. The highest BCUT2D eigenvalue weighted by atomic mass is 16.3. The minimum Gasteiger partial charge on any atom is -0.392 e. The van der Waals surface area contributed by atoms with Gasteiger partial charge >= 0.3 is 0 Å². The molecule has 0 spiro atoms. The third-order valence-corrected chi connectivity index (χ3v) is 6.46. The van der Waals surface area contributed by atoms with Crippen molar-refractivity contribution in [2.24, 2.45) is 17.3 Å². The summed E-state index contributed by atoms with van der Waals surface area (Å²) in [6.07, 6.45) is 4.27. The van der Waals surface area contributed by atoms with Crippen LogP contribution in [0.2, 0.25) is 0 Å². The monoisotopic (exact) mass is 270 g/mol. The van der Waals surface area contributed by atoms with E-state index >= 15 is 0 Å². The van der Waals surface area contributed by atoms with Gasteiger partial charge in [0.05, 0.1) is 11.5 Å². The quantitative estimate of drug-likeness (QED) is 0.786. The number of hydrogen-bond acceptors (Lipinski definition) is 2. The molecular weight excluding hydrogens is 248 g/mol. The molecule has 1 aromatic rings. The van der Waals surface area contributed by atoms with Crippen molar-refractivity contribution in [2.45, 2.75) is 51.0 Å². The molecule has 2 saturated carbocycles. The minimum absolute atomic E-state index is 0.298. The molecule has 1 N–H and O–H groups in total. The molecule has 2 heteroatoms. The Morgan fingerprint density at radius 1 is 1.20 bits per heavy atom. The van der Waals surface area contributed by atoms with Crippen LogP contribution < -0.4 is 0 Å². The van der Waals surface area contributed by atoms with Gasteiger partial charge in [0.25, 0.3) is 0 Å². The highest BCUT2D eigenvalue weighted by Gasteiger charge is 2.58. The number of hydrogen-bond donors (Lipinski definition) is 1. The van der Waals surface area contributed by atoms with Gasteiger partial charge in [0.15, 0.2) is 0 Å². The normalized spacial score (nSPS) is 42.8. The molecule has 1 aromatic carbocycles. The maximum Gasteiger partial charge on any atom is 0.141 e. The van der Waals surface area contributed by atoms with Crippen LogP contribution in [-0.2, 0) is 11.2 Å². The van der Waals surface area contributed by atoms with Gasteiger partial charge in [-0.1, -0.05) is 24.3 Å². The Labute approximate surface area is 120 Å². The SMILES string of the molecule is C[C@@]12C(=O)CC[C@H]1[C@@H]1CCc3ccccc3[C@H]1C[C@H]2O. The van der Waals surface area contributed by atoms with E-state index in [9.17, 15) is 9.90 Å². The summed E-state index contributed by atoms with van der Waals surface area (Å²) in [5.74, 6) is 1.73. The smallest absolute Gasteiger partial charge is 0.141 e.